The van der Waals surface area contributed by atoms with Gasteiger partial charge < -0.3 is 5.32 Å². The first-order valence-electron chi connectivity index (χ1n) is 6.14. The summed E-state index contributed by atoms with van der Waals surface area (Å²) < 4.78 is 27.0. The minimum absolute atomic E-state index is 0.355. The van der Waals surface area contributed by atoms with Gasteiger partial charge in [0.1, 0.15) is 17.3 Å². The minimum atomic E-state index is -0.765. The lowest BCUT2D eigenvalue weighted by Crippen LogP contribution is -2.25. The van der Waals surface area contributed by atoms with Crippen LogP contribution in [0, 0.1) is 11.6 Å². The van der Waals surface area contributed by atoms with E-state index in [1.165, 1.54) is 17.8 Å². The molecule has 0 aromatic heterocycles. The van der Waals surface area contributed by atoms with Gasteiger partial charge in [0, 0.05) is 4.90 Å². The van der Waals surface area contributed by atoms with E-state index < -0.39 is 11.6 Å². The summed E-state index contributed by atoms with van der Waals surface area (Å²) in [5.74, 6) is -1.91. The van der Waals surface area contributed by atoms with Crippen LogP contribution in [0.1, 0.15) is 5.56 Å². The Hall–Kier alpha value is -1.88. The van der Waals surface area contributed by atoms with E-state index in [9.17, 15) is 13.6 Å². The molecule has 0 saturated carbocycles. The lowest BCUT2D eigenvalue weighted by Gasteiger charge is -2.11. The summed E-state index contributed by atoms with van der Waals surface area (Å²) in [7, 11) is 0. The molecule has 2 aromatic rings. The number of anilines is 1. The fourth-order valence-corrected chi connectivity index (χ4v) is 3.34. The zero-order chi connectivity index (χ0) is 14.1. The number of carbonyl (C=O) groups is 1. The lowest BCUT2D eigenvalue weighted by molar-refractivity contribution is -0.115. The highest BCUT2D eigenvalue weighted by Gasteiger charge is 2.28. The predicted molar refractivity (Wildman–Crippen MR) is 74.8 cm³/mol. The fraction of sp³-hybridized carbons (Fsp3) is 0.133. The standard InChI is InChI=1S/C15H11F2NOS/c16-10-5-3-6-11(17)14(10)18-15(19)13-8-9-4-1-2-7-12(9)20-13/h1-7,13H,8H2,(H,18,19). The molecule has 1 atom stereocenters. The van der Waals surface area contributed by atoms with Gasteiger partial charge >= 0.3 is 0 Å². The van der Waals surface area contributed by atoms with E-state index in [1.54, 1.807) is 0 Å². The van der Waals surface area contributed by atoms with E-state index in [-0.39, 0.29) is 16.8 Å². The molecule has 0 aliphatic carbocycles. The van der Waals surface area contributed by atoms with Gasteiger partial charge in [0.2, 0.25) is 5.91 Å². The van der Waals surface area contributed by atoms with Crippen LogP contribution in [0.5, 0.6) is 0 Å². The maximum absolute atomic E-state index is 13.5. The molecule has 0 fully saturated rings. The van der Waals surface area contributed by atoms with E-state index in [0.29, 0.717) is 6.42 Å². The van der Waals surface area contributed by atoms with Crippen LogP contribution < -0.4 is 5.32 Å². The number of fused-ring (bicyclic) bond motifs is 1. The van der Waals surface area contributed by atoms with Crippen molar-refractivity contribution >= 4 is 23.4 Å². The van der Waals surface area contributed by atoms with Gasteiger partial charge in [0.15, 0.2) is 0 Å². The highest BCUT2D eigenvalue weighted by Crippen LogP contribution is 2.37. The molecule has 1 aliphatic heterocycles. The van der Waals surface area contributed by atoms with Crippen LogP contribution in [0.25, 0.3) is 0 Å². The molecule has 1 heterocycles. The molecule has 1 N–H and O–H groups in total. The van der Waals surface area contributed by atoms with Crippen molar-refractivity contribution in [2.24, 2.45) is 0 Å². The van der Waals surface area contributed by atoms with Gasteiger partial charge in [-0.1, -0.05) is 24.3 Å². The Bertz CT molecular complexity index is 629. The van der Waals surface area contributed by atoms with E-state index in [4.69, 9.17) is 0 Å². The molecule has 102 valence electrons. The van der Waals surface area contributed by atoms with Gasteiger partial charge in [-0.2, -0.15) is 0 Å². The molecule has 5 heteroatoms. The number of rotatable bonds is 2. The first-order chi connectivity index (χ1) is 9.65. The molecule has 0 radical (unpaired) electrons. The number of hydrogen-bond acceptors (Lipinski definition) is 2. The third kappa shape index (κ3) is 2.41. The van der Waals surface area contributed by atoms with Crippen LogP contribution in [-0.2, 0) is 11.2 Å². The van der Waals surface area contributed by atoms with Gasteiger partial charge in [-0.15, -0.1) is 11.8 Å². The Morgan fingerprint density at radius 1 is 1.10 bits per heavy atom. The summed E-state index contributed by atoms with van der Waals surface area (Å²) in [6.45, 7) is 0. The smallest absolute Gasteiger partial charge is 0.238 e. The van der Waals surface area contributed by atoms with Crippen molar-refractivity contribution in [2.45, 2.75) is 16.6 Å². The average Bonchev–Trinajstić information content (AvgIpc) is 2.87. The van der Waals surface area contributed by atoms with Crippen molar-refractivity contribution in [3.63, 3.8) is 0 Å². The predicted octanol–water partition coefficient (Wildman–Crippen LogP) is 3.62. The van der Waals surface area contributed by atoms with Crippen LogP contribution in [0.4, 0.5) is 14.5 Å². The molecule has 1 unspecified atom stereocenters. The third-order valence-electron chi connectivity index (χ3n) is 3.15. The zero-order valence-electron chi connectivity index (χ0n) is 10.4. The highest BCUT2D eigenvalue weighted by atomic mass is 32.2. The monoisotopic (exact) mass is 291 g/mol. The Morgan fingerprint density at radius 3 is 2.50 bits per heavy atom. The van der Waals surface area contributed by atoms with Gasteiger partial charge in [0.05, 0.1) is 5.25 Å². The minimum Gasteiger partial charge on any atom is -0.320 e. The number of halogens is 2. The van der Waals surface area contributed by atoms with Crippen LogP contribution in [0.2, 0.25) is 0 Å². The zero-order valence-corrected chi connectivity index (χ0v) is 11.2. The first kappa shape index (κ1) is 13.1. The van der Waals surface area contributed by atoms with E-state index >= 15 is 0 Å². The largest absolute Gasteiger partial charge is 0.320 e. The molecular weight excluding hydrogens is 280 g/mol. The average molecular weight is 291 g/mol. The van der Waals surface area contributed by atoms with Crippen LogP contribution in [-0.4, -0.2) is 11.2 Å². The number of hydrogen-bond donors (Lipinski definition) is 1. The molecule has 20 heavy (non-hydrogen) atoms. The molecule has 2 nitrogen and oxygen atoms in total. The van der Waals surface area contributed by atoms with Crippen LogP contribution in [0.15, 0.2) is 47.4 Å². The van der Waals surface area contributed by atoms with Crippen molar-refractivity contribution in [3.8, 4) is 0 Å². The molecule has 3 rings (SSSR count). The second-order valence-corrected chi connectivity index (χ2v) is 5.75. The normalized spacial score (nSPS) is 16.8. The second kappa shape index (κ2) is 5.25. The Labute approximate surface area is 119 Å². The number of benzene rings is 2. The van der Waals surface area contributed by atoms with Crippen molar-refractivity contribution in [3.05, 3.63) is 59.7 Å². The molecule has 1 aliphatic rings. The summed E-state index contributed by atoms with van der Waals surface area (Å²) in [6, 6.07) is 11.2. The number of amides is 1. The van der Waals surface area contributed by atoms with Crippen molar-refractivity contribution in [1.29, 1.82) is 0 Å². The van der Waals surface area contributed by atoms with E-state index in [1.807, 2.05) is 24.3 Å². The van der Waals surface area contributed by atoms with E-state index in [2.05, 4.69) is 5.32 Å². The van der Waals surface area contributed by atoms with Crippen LogP contribution in [0.3, 0.4) is 0 Å². The summed E-state index contributed by atoms with van der Waals surface area (Å²) in [5, 5.41) is 1.99. The fourth-order valence-electron chi connectivity index (χ4n) is 2.15. The highest BCUT2D eigenvalue weighted by molar-refractivity contribution is 8.01. The molecular formula is C15H11F2NOS. The number of thioether (sulfide) groups is 1. The first-order valence-corrected chi connectivity index (χ1v) is 7.02. The topological polar surface area (TPSA) is 29.1 Å². The Balaban J connectivity index is 1.76. The van der Waals surface area contributed by atoms with Crippen LogP contribution >= 0.6 is 11.8 Å². The number of nitrogens with one attached hydrogen (secondary N) is 1. The van der Waals surface area contributed by atoms with E-state index in [0.717, 1.165) is 22.6 Å². The quantitative estimate of drug-likeness (QED) is 0.915. The Kier molecular flexibility index (Phi) is 3.44. The van der Waals surface area contributed by atoms with Gasteiger partial charge in [-0.3, -0.25) is 4.79 Å². The van der Waals surface area contributed by atoms with Gasteiger partial charge in [-0.05, 0) is 30.2 Å². The maximum Gasteiger partial charge on any atom is 0.238 e. The SMILES string of the molecule is O=C(Nc1c(F)cccc1F)C1Cc2ccccc2S1. The molecule has 2 aromatic carbocycles. The summed E-state index contributed by atoms with van der Waals surface area (Å²) in [6.07, 6.45) is 0.572. The Morgan fingerprint density at radius 2 is 1.80 bits per heavy atom. The van der Waals surface area contributed by atoms with Crippen molar-refractivity contribution < 1.29 is 13.6 Å². The van der Waals surface area contributed by atoms with Gasteiger partial charge in [-0.25, -0.2) is 8.78 Å². The van der Waals surface area contributed by atoms with Gasteiger partial charge in [0.25, 0.3) is 0 Å². The lowest BCUT2D eigenvalue weighted by atomic mass is 10.1. The second-order valence-electron chi connectivity index (χ2n) is 4.50. The summed E-state index contributed by atoms with van der Waals surface area (Å²) in [5.41, 5.74) is 0.709. The maximum atomic E-state index is 13.5. The number of para-hydroxylation sites is 1. The summed E-state index contributed by atoms with van der Waals surface area (Å²) >= 11 is 1.42. The molecule has 0 spiro atoms. The van der Waals surface area contributed by atoms with Crippen molar-refractivity contribution in [2.75, 3.05) is 5.32 Å². The van der Waals surface area contributed by atoms with Crippen molar-refractivity contribution in [1.82, 2.24) is 0 Å². The molecule has 0 bridgehead atoms. The molecule has 1 amide bonds. The summed E-state index contributed by atoms with van der Waals surface area (Å²) in [4.78, 5) is 13.2. The third-order valence-corrected chi connectivity index (χ3v) is 4.47. The number of carbonyl (C=O) groups excluding carboxylic acids is 1. The molecule has 0 saturated heterocycles.